The number of hydrogen-bond donors (Lipinski definition) is 1. The van der Waals surface area contributed by atoms with Crippen LogP contribution in [0.15, 0.2) is 4.79 Å². The fourth-order valence-corrected chi connectivity index (χ4v) is 5.30. The molecule has 1 saturated heterocycles. The fourth-order valence-electron chi connectivity index (χ4n) is 3.60. The lowest BCUT2D eigenvalue weighted by Crippen LogP contribution is -2.29. The molecule has 2 aromatic rings. The number of fused-ring (bicyclic) bond motifs is 3. The first-order chi connectivity index (χ1) is 10.2. The zero-order valence-corrected chi connectivity index (χ0v) is 13.6. The molecular weight excluding hydrogens is 304 g/mol. The van der Waals surface area contributed by atoms with Crippen LogP contribution >= 0.6 is 23.6 Å². The van der Waals surface area contributed by atoms with Gasteiger partial charge in [0.05, 0.1) is 12.0 Å². The van der Waals surface area contributed by atoms with Gasteiger partial charge in [-0.2, -0.15) is 0 Å². The summed E-state index contributed by atoms with van der Waals surface area (Å²) in [5, 5.41) is 0.881. The van der Waals surface area contributed by atoms with E-state index in [1.807, 2.05) is 0 Å². The molecule has 4 nitrogen and oxygen atoms in total. The molecule has 0 aromatic carbocycles. The van der Waals surface area contributed by atoms with Crippen molar-refractivity contribution in [3.8, 4) is 0 Å². The number of hydrogen-bond acceptors (Lipinski definition) is 4. The third kappa shape index (κ3) is 2.04. The molecule has 2 atom stereocenters. The predicted octanol–water partition coefficient (Wildman–Crippen LogP) is 3.21. The second-order valence-corrected chi connectivity index (χ2v) is 7.52. The van der Waals surface area contributed by atoms with Gasteiger partial charge in [0.1, 0.15) is 4.83 Å². The van der Waals surface area contributed by atoms with Gasteiger partial charge in [0, 0.05) is 23.4 Å². The maximum Gasteiger partial charge on any atom is 0.263 e. The lowest BCUT2D eigenvalue weighted by molar-refractivity contribution is 0.174. The Hall–Kier alpha value is -0.980. The maximum absolute atomic E-state index is 13.0. The monoisotopic (exact) mass is 322 g/mol. The number of ether oxygens (including phenoxy) is 1. The number of aromatic nitrogens is 2. The first-order valence-corrected chi connectivity index (χ1v) is 8.76. The third-order valence-corrected chi connectivity index (χ3v) is 6.35. The standard InChI is InChI=1S/C15H18N2O2S2/c1-8(9-5-6-19-7-9)17-14(18)12-10-3-2-4-11(10)21-13(12)16-15(17)20/h8-9H,2-7H2,1H3,(H,16,20). The van der Waals surface area contributed by atoms with E-state index in [-0.39, 0.29) is 11.6 Å². The summed E-state index contributed by atoms with van der Waals surface area (Å²) < 4.78 is 7.80. The van der Waals surface area contributed by atoms with Crippen molar-refractivity contribution in [3.05, 3.63) is 25.6 Å². The average molecular weight is 322 g/mol. The summed E-state index contributed by atoms with van der Waals surface area (Å²) in [6, 6.07) is 0.0881. The van der Waals surface area contributed by atoms with Gasteiger partial charge in [-0.25, -0.2) is 0 Å². The first-order valence-electron chi connectivity index (χ1n) is 7.53. The minimum absolute atomic E-state index is 0.0881. The average Bonchev–Trinajstić information content (AvgIpc) is 3.13. The Morgan fingerprint density at radius 3 is 3.10 bits per heavy atom. The van der Waals surface area contributed by atoms with Crippen LogP contribution in [0.5, 0.6) is 0 Å². The summed E-state index contributed by atoms with van der Waals surface area (Å²) >= 11 is 7.17. The van der Waals surface area contributed by atoms with Gasteiger partial charge in [0.15, 0.2) is 4.77 Å². The highest BCUT2D eigenvalue weighted by atomic mass is 32.1. The van der Waals surface area contributed by atoms with E-state index in [1.54, 1.807) is 15.9 Å². The van der Waals surface area contributed by atoms with E-state index in [0.29, 0.717) is 10.7 Å². The Bertz CT molecular complexity index is 811. The molecule has 1 aliphatic heterocycles. The minimum Gasteiger partial charge on any atom is -0.381 e. The van der Waals surface area contributed by atoms with Crippen molar-refractivity contribution in [2.24, 2.45) is 5.92 Å². The summed E-state index contributed by atoms with van der Waals surface area (Å²) in [6.07, 6.45) is 4.29. The Balaban J connectivity index is 1.92. The SMILES string of the molecule is CC(C1CCOC1)n1c(=S)[nH]c2sc3c(c2c1=O)CCC3. The van der Waals surface area contributed by atoms with Crippen LogP contribution in [0.25, 0.3) is 10.2 Å². The maximum atomic E-state index is 13.0. The van der Waals surface area contributed by atoms with Crippen LogP contribution < -0.4 is 5.56 Å². The lowest BCUT2D eigenvalue weighted by Gasteiger charge is -2.20. The van der Waals surface area contributed by atoms with E-state index in [2.05, 4.69) is 11.9 Å². The molecule has 21 heavy (non-hydrogen) atoms. The normalized spacial score (nSPS) is 22.8. The smallest absolute Gasteiger partial charge is 0.263 e. The molecule has 3 heterocycles. The van der Waals surface area contributed by atoms with E-state index in [0.717, 1.165) is 49.1 Å². The topological polar surface area (TPSA) is 47.0 Å². The molecule has 2 aromatic heterocycles. The van der Waals surface area contributed by atoms with E-state index >= 15 is 0 Å². The van der Waals surface area contributed by atoms with Gasteiger partial charge >= 0.3 is 0 Å². The molecule has 1 N–H and O–H groups in total. The van der Waals surface area contributed by atoms with Crippen LogP contribution in [0.2, 0.25) is 0 Å². The molecule has 6 heteroatoms. The predicted molar refractivity (Wildman–Crippen MR) is 86.9 cm³/mol. The third-order valence-electron chi connectivity index (χ3n) is 4.85. The summed E-state index contributed by atoms with van der Waals surface area (Å²) in [4.78, 5) is 18.6. The van der Waals surface area contributed by atoms with Gasteiger partial charge in [-0.15, -0.1) is 11.3 Å². The van der Waals surface area contributed by atoms with Crippen molar-refractivity contribution in [2.75, 3.05) is 13.2 Å². The molecular formula is C15H18N2O2S2. The van der Waals surface area contributed by atoms with Crippen molar-refractivity contribution in [3.63, 3.8) is 0 Å². The number of H-pyrrole nitrogens is 1. The summed E-state index contributed by atoms with van der Waals surface area (Å²) in [5.74, 6) is 0.377. The first kappa shape index (κ1) is 13.7. The van der Waals surface area contributed by atoms with Crippen molar-refractivity contribution < 1.29 is 4.74 Å². The van der Waals surface area contributed by atoms with Crippen LogP contribution in [0.3, 0.4) is 0 Å². The van der Waals surface area contributed by atoms with E-state index in [4.69, 9.17) is 17.0 Å². The molecule has 1 fully saturated rings. The molecule has 1 aliphatic carbocycles. The van der Waals surface area contributed by atoms with E-state index < -0.39 is 0 Å². The highest BCUT2D eigenvalue weighted by Gasteiger charge is 2.27. The van der Waals surface area contributed by atoms with Gasteiger partial charge in [-0.1, -0.05) is 0 Å². The molecule has 4 rings (SSSR count). The minimum atomic E-state index is 0.0881. The van der Waals surface area contributed by atoms with Gasteiger partial charge in [0.25, 0.3) is 5.56 Å². The quantitative estimate of drug-likeness (QED) is 0.864. The number of rotatable bonds is 2. The van der Waals surface area contributed by atoms with Gasteiger partial charge in [-0.3, -0.25) is 9.36 Å². The van der Waals surface area contributed by atoms with Gasteiger partial charge in [0.2, 0.25) is 0 Å². The van der Waals surface area contributed by atoms with Crippen molar-refractivity contribution in [1.29, 1.82) is 0 Å². The van der Waals surface area contributed by atoms with Crippen LogP contribution in [0.4, 0.5) is 0 Å². The molecule has 0 radical (unpaired) electrons. The highest BCUT2D eigenvalue weighted by molar-refractivity contribution is 7.71. The summed E-state index contributed by atoms with van der Waals surface area (Å²) in [7, 11) is 0. The number of aromatic amines is 1. The summed E-state index contributed by atoms with van der Waals surface area (Å²) in [5.41, 5.74) is 1.35. The Morgan fingerprint density at radius 2 is 2.33 bits per heavy atom. The number of nitrogens with zero attached hydrogens (tertiary/aromatic N) is 1. The molecule has 0 amide bonds. The number of thiophene rings is 1. The van der Waals surface area contributed by atoms with Crippen LogP contribution in [0.1, 0.15) is 36.2 Å². The molecule has 0 bridgehead atoms. The van der Waals surface area contributed by atoms with Crippen molar-refractivity contribution >= 4 is 33.8 Å². The molecule has 112 valence electrons. The number of aryl methyl sites for hydroxylation is 2. The Kier molecular flexibility index (Phi) is 3.28. The number of nitrogens with one attached hydrogen (secondary N) is 1. The van der Waals surface area contributed by atoms with E-state index in [1.165, 1.54) is 10.4 Å². The Morgan fingerprint density at radius 1 is 1.48 bits per heavy atom. The Labute approximate surface area is 131 Å². The largest absolute Gasteiger partial charge is 0.381 e. The van der Waals surface area contributed by atoms with Crippen molar-refractivity contribution in [1.82, 2.24) is 9.55 Å². The van der Waals surface area contributed by atoms with Crippen LogP contribution in [-0.4, -0.2) is 22.8 Å². The van der Waals surface area contributed by atoms with Crippen LogP contribution in [-0.2, 0) is 17.6 Å². The summed E-state index contributed by atoms with van der Waals surface area (Å²) in [6.45, 7) is 3.60. The molecule has 2 aliphatic rings. The van der Waals surface area contributed by atoms with Crippen LogP contribution in [0, 0.1) is 10.7 Å². The van der Waals surface area contributed by atoms with Gasteiger partial charge in [-0.05, 0) is 50.4 Å². The fraction of sp³-hybridized carbons (Fsp3) is 0.600. The van der Waals surface area contributed by atoms with Gasteiger partial charge < -0.3 is 9.72 Å². The molecule has 0 saturated carbocycles. The highest BCUT2D eigenvalue weighted by Crippen LogP contribution is 2.35. The zero-order chi connectivity index (χ0) is 14.6. The second kappa shape index (κ2) is 5.04. The lowest BCUT2D eigenvalue weighted by atomic mass is 10.0. The molecule has 2 unspecified atom stereocenters. The molecule has 0 spiro atoms. The van der Waals surface area contributed by atoms with E-state index in [9.17, 15) is 4.79 Å². The zero-order valence-electron chi connectivity index (χ0n) is 12.0. The van der Waals surface area contributed by atoms with Crippen molar-refractivity contribution in [2.45, 2.75) is 38.6 Å². The second-order valence-electron chi connectivity index (χ2n) is 6.03.